The molecule has 0 heterocycles. The highest BCUT2D eigenvalue weighted by molar-refractivity contribution is 4.19. The molecular formula is C6H18N2. The van der Waals surface area contributed by atoms with Gasteiger partial charge in [0.25, 0.3) is 0 Å². The van der Waals surface area contributed by atoms with Gasteiger partial charge in [-0.1, -0.05) is 13.8 Å². The first-order valence-corrected chi connectivity index (χ1v) is 2.30. The average Bonchev–Trinajstić information content (AvgIpc) is 1.82. The molecule has 4 N–H and O–H groups in total. The van der Waals surface area contributed by atoms with Crippen molar-refractivity contribution in [3.8, 4) is 0 Å². The topological polar surface area (TPSA) is 52.0 Å². The monoisotopic (exact) mass is 124 g/mol. The first kappa shape index (κ1) is 2.67. The van der Waals surface area contributed by atoms with Crippen LogP contribution in [-0.4, -0.2) is 13.0 Å². The van der Waals surface area contributed by atoms with Crippen LogP contribution in [0, 0.1) is 0 Å². The van der Waals surface area contributed by atoms with Crippen molar-refractivity contribution in [1.82, 2.24) is 0 Å². The summed E-state index contributed by atoms with van der Waals surface area (Å²) < 4.78 is 40.2. The van der Waals surface area contributed by atoms with E-state index < -0.39 is 19.2 Å². The summed E-state index contributed by atoms with van der Waals surface area (Å²) in [5, 5.41) is 0. The van der Waals surface area contributed by atoms with Gasteiger partial charge >= 0.3 is 0 Å². The maximum Gasteiger partial charge on any atom is 0.0425 e. The van der Waals surface area contributed by atoms with Crippen LogP contribution in [0.15, 0.2) is 0 Å². The largest absolute Gasteiger partial charge is 0.330 e. The van der Waals surface area contributed by atoms with E-state index in [-0.39, 0.29) is 6.54 Å². The standard InChI is InChI=1S/2C3H9N/c2*1-2-3-4/h2*2-4H2,1H3/i2D2,3D2;2D2. The van der Waals surface area contributed by atoms with Crippen LogP contribution in [0.3, 0.4) is 0 Å². The first-order chi connectivity index (χ1) is 5.81. The fraction of sp³-hybridized carbons (Fsp3) is 1.00. The first-order valence-electron chi connectivity index (χ1n) is 5.30. The summed E-state index contributed by atoms with van der Waals surface area (Å²) in [7, 11) is 0. The van der Waals surface area contributed by atoms with Crippen molar-refractivity contribution in [2.45, 2.75) is 26.6 Å². The quantitative estimate of drug-likeness (QED) is 0.569. The Hall–Kier alpha value is -0.0800. The minimum Gasteiger partial charge on any atom is -0.330 e. The van der Waals surface area contributed by atoms with E-state index in [1.165, 1.54) is 6.92 Å². The van der Waals surface area contributed by atoms with Gasteiger partial charge in [-0.05, 0) is 25.8 Å². The fourth-order valence-corrected chi connectivity index (χ4v) is 0. The van der Waals surface area contributed by atoms with Crippen molar-refractivity contribution < 1.29 is 8.22 Å². The maximum absolute atomic E-state index is 6.75. The second-order valence-corrected chi connectivity index (χ2v) is 0.952. The second-order valence-electron chi connectivity index (χ2n) is 0.952. The van der Waals surface area contributed by atoms with Crippen molar-refractivity contribution in [3.05, 3.63) is 0 Å². The zero-order valence-electron chi connectivity index (χ0n) is 11.4. The third-order valence-electron chi connectivity index (χ3n) is 0.348. The summed E-state index contributed by atoms with van der Waals surface area (Å²) in [6, 6.07) is 0. The number of rotatable bonds is 2. The highest BCUT2D eigenvalue weighted by atomic mass is 14.5. The Bertz CT molecular complexity index is 141. The Morgan fingerprint density at radius 1 is 1.25 bits per heavy atom. The molecule has 0 atom stereocenters. The molecule has 2 heteroatoms. The van der Waals surface area contributed by atoms with Gasteiger partial charge < -0.3 is 11.5 Å². The van der Waals surface area contributed by atoms with E-state index in [4.69, 9.17) is 19.7 Å². The predicted molar refractivity (Wildman–Crippen MR) is 38.7 cm³/mol. The molecule has 0 bridgehead atoms. The van der Waals surface area contributed by atoms with Gasteiger partial charge in [0.1, 0.15) is 0 Å². The highest BCUT2D eigenvalue weighted by Crippen LogP contribution is 1.57. The van der Waals surface area contributed by atoms with Crippen molar-refractivity contribution in [2.24, 2.45) is 11.5 Å². The van der Waals surface area contributed by atoms with E-state index in [0.29, 0.717) is 0 Å². The molecule has 8 heavy (non-hydrogen) atoms. The van der Waals surface area contributed by atoms with Gasteiger partial charge in [-0.25, -0.2) is 0 Å². The lowest BCUT2D eigenvalue weighted by Crippen LogP contribution is -1.93. The summed E-state index contributed by atoms with van der Waals surface area (Å²) in [4.78, 5) is 0. The lowest BCUT2D eigenvalue weighted by Gasteiger charge is -1.70. The molecule has 0 aliphatic heterocycles. The molecule has 0 aliphatic rings. The van der Waals surface area contributed by atoms with E-state index in [1.807, 2.05) is 0 Å². The van der Waals surface area contributed by atoms with Gasteiger partial charge in [0.05, 0.1) is 0 Å². The Morgan fingerprint density at radius 3 is 1.50 bits per heavy atom. The number of nitrogens with two attached hydrogens (primary N) is 2. The Balaban J connectivity index is 0. The van der Waals surface area contributed by atoms with Crippen LogP contribution in [0.1, 0.15) is 34.8 Å². The predicted octanol–water partition coefficient (Wildman–Crippen LogP) is 0.710. The van der Waals surface area contributed by atoms with Crippen molar-refractivity contribution in [3.63, 3.8) is 0 Å². The van der Waals surface area contributed by atoms with Crippen LogP contribution >= 0.6 is 0 Å². The summed E-state index contributed by atoms with van der Waals surface area (Å²) in [5.41, 5.74) is 9.70. The van der Waals surface area contributed by atoms with Gasteiger partial charge in [-0.3, -0.25) is 0 Å². The normalized spacial score (nSPS) is 24.0. The molecule has 0 unspecified atom stereocenters. The van der Waals surface area contributed by atoms with Crippen molar-refractivity contribution >= 4 is 0 Å². The van der Waals surface area contributed by atoms with Gasteiger partial charge in [-0.2, -0.15) is 0 Å². The van der Waals surface area contributed by atoms with Gasteiger partial charge in [0.15, 0.2) is 0 Å². The third kappa shape index (κ3) is 38.9. The van der Waals surface area contributed by atoms with Crippen LogP contribution in [0.2, 0.25) is 0 Å². The molecule has 0 amide bonds. The zero-order chi connectivity index (χ0) is 12.2. The van der Waals surface area contributed by atoms with Crippen LogP contribution < -0.4 is 11.5 Å². The molecule has 0 spiro atoms. The summed E-state index contributed by atoms with van der Waals surface area (Å²) in [5.74, 6) is 0. The molecule has 0 saturated heterocycles. The minimum atomic E-state index is -2.23. The minimum absolute atomic E-state index is 0.104. The molecule has 0 aromatic rings. The molecule has 0 rings (SSSR count). The molecule has 0 saturated carbocycles. The van der Waals surface area contributed by atoms with E-state index in [2.05, 4.69) is 0 Å². The van der Waals surface area contributed by atoms with Crippen LogP contribution in [0.25, 0.3) is 0 Å². The average molecular weight is 124 g/mol. The Kier molecular flexibility index (Phi) is 5.27. The fourth-order valence-electron chi connectivity index (χ4n) is 0. The van der Waals surface area contributed by atoms with E-state index in [1.54, 1.807) is 0 Å². The molecular weight excluding hydrogens is 100 g/mol. The lowest BCUT2D eigenvalue weighted by molar-refractivity contribution is 0.932. The molecule has 0 radical (unpaired) electrons. The van der Waals surface area contributed by atoms with Gasteiger partial charge in [-0.15, -0.1) is 0 Å². The highest BCUT2D eigenvalue weighted by Gasteiger charge is 1.55. The van der Waals surface area contributed by atoms with Gasteiger partial charge in [0.2, 0.25) is 0 Å². The molecule has 0 aliphatic carbocycles. The summed E-state index contributed by atoms with van der Waals surface area (Å²) >= 11 is 0. The summed E-state index contributed by atoms with van der Waals surface area (Å²) in [6.07, 6.45) is -3.13. The molecule has 0 aromatic carbocycles. The zero-order valence-corrected chi connectivity index (χ0v) is 5.36. The smallest absolute Gasteiger partial charge is 0.0425 e. The van der Waals surface area contributed by atoms with Gasteiger partial charge in [0, 0.05) is 8.22 Å². The summed E-state index contributed by atoms with van der Waals surface area (Å²) in [6.45, 7) is 0.431. The van der Waals surface area contributed by atoms with Crippen molar-refractivity contribution in [2.75, 3.05) is 13.0 Å². The van der Waals surface area contributed by atoms with Crippen LogP contribution in [0.5, 0.6) is 0 Å². The second kappa shape index (κ2) is 15.8. The lowest BCUT2D eigenvalue weighted by atomic mass is 10.5. The maximum atomic E-state index is 6.75. The van der Waals surface area contributed by atoms with Crippen molar-refractivity contribution in [1.29, 1.82) is 0 Å². The number of hydrogen-bond donors (Lipinski definition) is 2. The van der Waals surface area contributed by atoms with Crippen LogP contribution in [-0.2, 0) is 0 Å². The number of hydrogen-bond acceptors (Lipinski definition) is 2. The third-order valence-corrected chi connectivity index (χ3v) is 0.348. The van der Waals surface area contributed by atoms with Crippen LogP contribution in [0.4, 0.5) is 0 Å². The molecule has 52 valence electrons. The Morgan fingerprint density at radius 2 is 1.50 bits per heavy atom. The van der Waals surface area contributed by atoms with E-state index >= 15 is 0 Å². The van der Waals surface area contributed by atoms with E-state index in [9.17, 15) is 0 Å². The SMILES string of the molecule is [2H]C([2H])(C)C([2H])([2H])N.[2H]C([2H])(C)CN. The molecule has 2 nitrogen and oxygen atoms in total. The Labute approximate surface area is 60.7 Å². The van der Waals surface area contributed by atoms with E-state index in [0.717, 1.165) is 6.92 Å². The molecule has 0 fully saturated rings. The molecule has 0 aromatic heterocycles.